The summed E-state index contributed by atoms with van der Waals surface area (Å²) in [5.74, 6) is 0. The van der Waals surface area contributed by atoms with E-state index in [4.69, 9.17) is 10.5 Å². The van der Waals surface area contributed by atoms with Gasteiger partial charge in [0, 0.05) is 34.3 Å². The molecule has 0 aromatic carbocycles. The van der Waals surface area contributed by atoms with E-state index in [0.717, 1.165) is 48.5 Å². The Bertz CT molecular complexity index is 852. The van der Waals surface area contributed by atoms with Gasteiger partial charge in [-0.25, -0.2) is 4.79 Å². The third-order valence-corrected chi connectivity index (χ3v) is 7.38. The van der Waals surface area contributed by atoms with Crippen LogP contribution in [-0.4, -0.2) is 35.2 Å². The number of pyridine rings is 1. The van der Waals surface area contributed by atoms with E-state index in [1.807, 2.05) is 32.2 Å². The topological polar surface area (TPSA) is 68.5 Å². The number of nitrogens with two attached hydrogens (primary N) is 1. The molecule has 158 valence electrons. The molecule has 7 heteroatoms. The summed E-state index contributed by atoms with van der Waals surface area (Å²) in [5, 5.41) is -0.170. The van der Waals surface area contributed by atoms with Gasteiger partial charge in [0.25, 0.3) is 0 Å². The molecule has 1 unspecified atom stereocenters. The van der Waals surface area contributed by atoms with E-state index in [0.29, 0.717) is 0 Å². The van der Waals surface area contributed by atoms with Gasteiger partial charge in [-0.1, -0.05) is 6.07 Å². The second kappa shape index (κ2) is 8.40. The smallest absolute Gasteiger partial charge is 0.404 e. The van der Waals surface area contributed by atoms with Gasteiger partial charge in [-0.2, -0.15) is 4.39 Å². The molecule has 0 saturated carbocycles. The monoisotopic (exact) mass is 419 g/mol. The van der Waals surface area contributed by atoms with Crippen LogP contribution in [-0.2, 0) is 16.7 Å². The van der Waals surface area contributed by atoms with Crippen LogP contribution in [0.1, 0.15) is 49.7 Å². The van der Waals surface area contributed by atoms with Crippen LogP contribution >= 0.6 is 11.3 Å². The van der Waals surface area contributed by atoms with Gasteiger partial charge in [0.15, 0.2) is 5.13 Å². The number of nitrogens with zero attached hydrogens (tertiary/aromatic N) is 2. The van der Waals surface area contributed by atoms with Crippen molar-refractivity contribution in [2.75, 3.05) is 13.1 Å². The number of hydrogen-bond acceptors (Lipinski definition) is 5. The summed E-state index contributed by atoms with van der Waals surface area (Å²) in [6.07, 6.45) is 3.31. The van der Waals surface area contributed by atoms with Crippen molar-refractivity contribution in [3.8, 4) is 0 Å². The zero-order valence-electron chi connectivity index (χ0n) is 17.6. The van der Waals surface area contributed by atoms with Gasteiger partial charge in [0.1, 0.15) is 6.10 Å². The normalized spacial score (nSPS) is 21.3. The van der Waals surface area contributed by atoms with Crippen LogP contribution in [0.3, 0.4) is 0 Å². The number of halogens is 1. The molecule has 2 N–H and O–H groups in total. The number of likely N-dealkylation sites (tertiary alicyclic amines) is 1. The van der Waals surface area contributed by atoms with Gasteiger partial charge in [0.2, 0.25) is 0 Å². The van der Waals surface area contributed by atoms with Crippen molar-refractivity contribution in [2.24, 2.45) is 11.1 Å². The zero-order chi connectivity index (χ0) is 21.2. The average molecular weight is 420 g/mol. The van der Waals surface area contributed by atoms with Gasteiger partial charge >= 0.3 is 6.09 Å². The molecule has 1 aliphatic rings. The molecule has 3 rings (SSSR count). The van der Waals surface area contributed by atoms with E-state index in [2.05, 4.69) is 29.8 Å². The van der Waals surface area contributed by atoms with Gasteiger partial charge < -0.3 is 10.5 Å². The van der Waals surface area contributed by atoms with Crippen molar-refractivity contribution in [3.05, 3.63) is 51.7 Å². The molecule has 1 amide bonds. The molecule has 3 heterocycles. The first-order valence-electron chi connectivity index (χ1n) is 10.0. The second-order valence-corrected chi connectivity index (χ2v) is 9.68. The molecule has 5 nitrogen and oxygen atoms in total. The lowest BCUT2D eigenvalue weighted by Crippen LogP contribution is -2.45. The van der Waals surface area contributed by atoms with Crippen molar-refractivity contribution in [3.63, 3.8) is 0 Å². The van der Waals surface area contributed by atoms with Gasteiger partial charge in [-0.3, -0.25) is 9.88 Å². The summed E-state index contributed by atoms with van der Waals surface area (Å²) in [7, 11) is 0. The molecule has 1 aliphatic heterocycles. The lowest BCUT2D eigenvalue weighted by Gasteiger charge is -2.39. The highest BCUT2D eigenvalue weighted by atomic mass is 32.1. The summed E-state index contributed by atoms with van der Waals surface area (Å²) >= 11 is 1.18. The number of amides is 1. The maximum atomic E-state index is 13.4. The minimum atomic E-state index is -0.750. The molecule has 2 aromatic rings. The minimum Gasteiger partial charge on any atom is -0.446 e. The fourth-order valence-corrected chi connectivity index (χ4v) is 5.01. The Kier molecular flexibility index (Phi) is 6.29. The lowest BCUT2D eigenvalue weighted by molar-refractivity contribution is 0.0115. The number of aromatic nitrogens is 1. The number of thiophene rings is 1. The number of ether oxygens (including phenoxy) is 1. The van der Waals surface area contributed by atoms with Crippen LogP contribution in [0.5, 0.6) is 0 Å². The highest BCUT2D eigenvalue weighted by Crippen LogP contribution is 2.44. The first-order valence-corrected chi connectivity index (χ1v) is 10.8. The molecule has 2 atom stereocenters. The Morgan fingerprint density at radius 3 is 2.76 bits per heavy atom. The number of aryl methyl sites for hydroxylation is 2. The highest BCUT2D eigenvalue weighted by Gasteiger charge is 2.47. The Morgan fingerprint density at radius 1 is 1.41 bits per heavy atom. The third-order valence-electron chi connectivity index (χ3n) is 6.45. The molecular formula is C22H30FN3O2S. The summed E-state index contributed by atoms with van der Waals surface area (Å²) in [4.78, 5) is 19.3. The quantitative estimate of drug-likeness (QED) is 0.710. The van der Waals surface area contributed by atoms with E-state index in [9.17, 15) is 9.18 Å². The predicted octanol–water partition coefficient (Wildman–Crippen LogP) is 4.63. The van der Waals surface area contributed by atoms with Crippen LogP contribution < -0.4 is 5.73 Å². The molecule has 0 spiro atoms. The molecule has 0 radical (unpaired) electrons. The molecule has 1 fully saturated rings. The number of primary amides is 1. The summed E-state index contributed by atoms with van der Waals surface area (Å²) < 4.78 is 18.8. The van der Waals surface area contributed by atoms with E-state index in [1.165, 1.54) is 17.4 Å². The van der Waals surface area contributed by atoms with Crippen molar-refractivity contribution < 1.29 is 13.9 Å². The Labute approximate surface area is 176 Å². The van der Waals surface area contributed by atoms with Crippen molar-refractivity contribution in [1.29, 1.82) is 0 Å². The van der Waals surface area contributed by atoms with Crippen LogP contribution in [0.2, 0.25) is 0 Å². The van der Waals surface area contributed by atoms with Crippen molar-refractivity contribution >= 4 is 17.4 Å². The molecule has 29 heavy (non-hydrogen) atoms. The van der Waals surface area contributed by atoms with Gasteiger partial charge in [-0.05, 0) is 77.3 Å². The third kappa shape index (κ3) is 4.78. The lowest BCUT2D eigenvalue weighted by atomic mass is 9.77. The summed E-state index contributed by atoms with van der Waals surface area (Å²) in [5.41, 5.74) is 7.04. The first kappa shape index (κ1) is 21.7. The SMILES string of the molecule is Cc1ccc(C(C)(C)N2CCC(CCc3ccc(F)s3)([C@H](C)OC(N)=O)C2)cn1. The molecule has 2 aromatic heterocycles. The molecular weight excluding hydrogens is 389 g/mol. The zero-order valence-corrected chi connectivity index (χ0v) is 18.4. The molecule has 0 aliphatic carbocycles. The maximum absolute atomic E-state index is 13.4. The molecule has 0 bridgehead atoms. The largest absolute Gasteiger partial charge is 0.446 e. The summed E-state index contributed by atoms with van der Waals surface area (Å²) in [6, 6.07) is 7.50. The number of carbonyl (C=O) groups is 1. The fourth-order valence-electron chi connectivity index (χ4n) is 4.28. The van der Waals surface area contributed by atoms with Gasteiger partial charge in [0.05, 0.1) is 0 Å². The van der Waals surface area contributed by atoms with Crippen molar-refractivity contribution in [2.45, 2.75) is 58.6 Å². The van der Waals surface area contributed by atoms with Gasteiger partial charge in [-0.15, -0.1) is 11.3 Å². The van der Waals surface area contributed by atoms with E-state index in [1.54, 1.807) is 0 Å². The second-order valence-electron chi connectivity index (χ2n) is 8.57. The Hall–Kier alpha value is -1.99. The van der Waals surface area contributed by atoms with Crippen LogP contribution in [0.4, 0.5) is 9.18 Å². The van der Waals surface area contributed by atoms with E-state index >= 15 is 0 Å². The van der Waals surface area contributed by atoms with Crippen LogP contribution in [0.25, 0.3) is 0 Å². The standard InChI is InChI=1S/C22H30FN3O2S/c1-15-5-6-17(13-25-15)21(3,4)26-12-11-22(14-26,16(2)28-20(24)27)10-9-18-7-8-19(23)29-18/h5-8,13,16H,9-12,14H2,1-4H3,(H2,24,27)/t16-,22?/m0/s1. The first-order chi connectivity index (χ1) is 13.6. The highest BCUT2D eigenvalue weighted by molar-refractivity contribution is 7.10. The van der Waals surface area contributed by atoms with Crippen LogP contribution in [0, 0.1) is 17.5 Å². The Morgan fingerprint density at radius 2 is 2.17 bits per heavy atom. The number of hydrogen-bond donors (Lipinski definition) is 1. The maximum Gasteiger partial charge on any atom is 0.404 e. The van der Waals surface area contributed by atoms with Crippen molar-refractivity contribution in [1.82, 2.24) is 9.88 Å². The average Bonchev–Trinajstić information content (AvgIpc) is 3.27. The minimum absolute atomic E-state index is 0.170. The number of rotatable bonds is 7. The van der Waals surface area contributed by atoms with Crippen LogP contribution in [0.15, 0.2) is 30.5 Å². The predicted molar refractivity (Wildman–Crippen MR) is 113 cm³/mol. The molecule has 1 saturated heterocycles. The number of carbonyl (C=O) groups excluding carboxylic acids is 1. The Balaban J connectivity index is 1.81. The van der Waals surface area contributed by atoms with E-state index < -0.39 is 6.09 Å². The van der Waals surface area contributed by atoms with E-state index in [-0.39, 0.29) is 22.2 Å². The fraction of sp³-hybridized carbons (Fsp3) is 0.545. The summed E-state index contributed by atoms with van der Waals surface area (Å²) in [6.45, 7) is 9.95.